The van der Waals surface area contributed by atoms with Gasteiger partial charge in [0.25, 0.3) is 5.91 Å². The number of aliphatic hydroxyl groups is 1. The topological polar surface area (TPSA) is 83.8 Å². The highest BCUT2D eigenvalue weighted by Gasteiger charge is 2.62. The fourth-order valence-electron chi connectivity index (χ4n) is 7.81. The van der Waals surface area contributed by atoms with Crippen molar-refractivity contribution in [1.29, 1.82) is 0 Å². The molecule has 4 aliphatic rings. The average molecular weight is 466 g/mol. The molecule has 6 nitrogen and oxygen atoms in total. The van der Waals surface area contributed by atoms with Crippen LogP contribution < -0.4 is 5.32 Å². The van der Waals surface area contributed by atoms with E-state index in [9.17, 15) is 9.90 Å². The Morgan fingerprint density at radius 2 is 2.00 bits per heavy atom. The largest absolute Gasteiger partial charge is 0.390 e. The summed E-state index contributed by atoms with van der Waals surface area (Å²) in [7, 11) is 0. The monoisotopic (exact) mass is 465 g/mol. The number of aromatic nitrogens is 1. The van der Waals surface area contributed by atoms with Gasteiger partial charge in [0.1, 0.15) is 0 Å². The maximum atomic E-state index is 12.1. The third-order valence-corrected chi connectivity index (χ3v) is 10.1. The fourth-order valence-corrected chi connectivity index (χ4v) is 7.81. The average Bonchev–Trinajstić information content (AvgIpc) is 3.07. The first-order valence-electron chi connectivity index (χ1n) is 13.0. The van der Waals surface area contributed by atoms with Gasteiger partial charge in [-0.05, 0) is 105 Å². The number of rotatable bonds is 5. The lowest BCUT2D eigenvalue weighted by atomic mass is 9.46. The van der Waals surface area contributed by atoms with Gasteiger partial charge in [-0.1, -0.05) is 30.6 Å². The normalized spacial score (nSPS) is 40.1. The molecule has 0 radical (unpaired) electrons. The number of oxime groups is 1. The molecule has 4 aliphatic carbocycles. The summed E-state index contributed by atoms with van der Waals surface area (Å²) in [5.41, 5.74) is 3.19. The summed E-state index contributed by atoms with van der Waals surface area (Å²) >= 11 is 0. The van der Waals surface area contributed by atoms with E-state index in [1.165, 1.54) is 24.8 Å². The first kappa shape index (κ1) is 23.5. The summed E-state index contributed by atoms with van der Waals surface area (Å²) in [5, 5.41) is 18.3. The van der Waals surface area contributed by atoms with Gasteiger partial charge in [0, 0.05) is 18.9 Å². The lowest BCUT2D eigenvalue weighted by molar-refractivity contribution is -0.125. The minimum atomic E-state index is -0.520. The number of amides is 1. The quantitative estimate of drug-likeness (QED) is 0.613. The SMILES string of the molecule is C[C@]12CC/C(=N\OCC(=O)NCc3cccnc3)C=C1CC[C@@H]1C2CC[C@@]2(C)C1CC[C@]2(C)O. The Hall–Kier alpha value is -2.21. The van der Waals surface area contributed by atoms with Crippen molar-refractivity contribution in [3.05, 3.63) is 41.7 Å². The van der Waals surface area contributed by atoms with Crippen LogP contribution in [-0.4, -0.2) is 33.9 Å². The van der Waals surface area contributed by atoms with Crippen LogP contribution in [0.25, 0.3) is 0 Å². The summed E-state index contributed by atoms with van der Waals surface area (Å²) in [6, 6.07) is 3.78. The van der Waals surface area contributed by atoms with Gasteiger partial charge in [-0.3, -0.25) is 9.78 Å². The number of nitrogens with one attached hydrogen (secondary N) is 1. The van der Waals surface area contributed by atoms with E-state index in [0.29, 0.717) is 24.3 Å². The van der Waals surface area contributed by atoms with E-state index in [1.54, 1.807) is 12.4 Å². The van der Waals surface area contributed by atoms with Crippen molar-refractivity contribution in [3.8, 4) is 0 Å². The molecule has 184 valence electrons. The molecule has 1 aromatic heterocycles. The predicted molar refractivity (Wildman–Crippen MR) is 132 cm³/mol. The van der Waals surface area contributed by atoms with Gasteiger partial charge in [-0.2, -0.15) is 0 Å². The van der Waals surface area contributed by atoms with Crippen molar-refractivity contribution < 1.29 is 14.7 Å². The van der Waals surface area contributed by atoms with Crippen LogP contribution in [0.2, 0.25) is 0 Å². The highest BCUT2D eigenvalue weighted by molar-refractivity contribution is 5.96. The zero-order valence-corrected chi connectivity index (χ0v) is 20.8. The molecule has 1 aromatic rings. The van der Waals surface area contributed by atoms with Crippen LogP contribution in [0.3, 0.4) is 0 Å². The van der Waals surface area contributed by atoms with Crippen molar-refractivity contribution >= 4 is 11.6 Å². The van der Waals surface area contributed by atoms with Crippen LogP contribution in [-0.2, 0) is 16.2 Å². The van der Waals surface area contributed by atoms with Gasteiger partial charge in [0.2, 0.25) is 0 Å². The highest BCUT2D eigenvalue weighted by atomic mass is 16.6. The van der Waals surface area contributed by atoms with Crippen LogP contribution in [0.5, 0.6) is 0 Å². The van der Waals surface area contributed by atoms with Crippen LogP contribution in [0.1, 0.15) is 77.7 Å². The molecule has 3 saturated carbocycles. The maximum Gasteiger partial charge on any atom is 0.261 e. The molecule has 2 N–H and O–H groups in total. The number of pyridine rings is 1. The number of nitrogens with zero attached hydrogens (tertiary/aromatic N) is 2. The minimum absolute atomic E-state index is 0.0679. The molecule has 2 unspecified atom stereocenters. The third kappa shape index (κ3) is 3.98. The molecule has 3 fully saturated rings. The predicted octanol–water partition coefficient (Wildman–Crippen LogP) is 4.78. The Bertz CT molecular complexity index is 988. The molecule has 0 aromatic carbocycles. The van der Waals surface area contributed by atoms with Crippen molar-refractivity contribution in [2.75, 3.05) is 6.61 Å². The molecule has 0 bridgehead atoms. The summed E-state index contributed by atoms with van der Waals surface area (Å²) in [4.78, 5) is 21.6. The Morgan fingerprint density at radius 1 is 1.18 bits per heavy atom. The van der Waals surface area contributed by atoms with Gasteiger partial charge in [0.05, 0.1) is 11.3 Å². The van der Waals surface area contributed by atoms with Gasteiger partial charge in [-0.15, -0.1) is 0 Å². The zero-order chi connectivity index (χ0) is 24.0. The van der Waals surface area contributed by atoms with E-state index in [4.69, 9.17) is 4.84 Å². The van der Waals surface area contributed by atoms with E-state index in [1.807, 2.05) is 12.1 Å². The molecular formula is C28H39N3O3. The van der Waals surface area contributed by atoms with Crippen LogP contribution in [0, 0.1) is 28.6 Å². The summed E-state index contributed by atoms with van der Waals surface area (Å²) in [6.45, 7) is 7.26. The van der Waals surface area contributed by atoms with Crippen LogP contribution in [0.4, 0.5) is 0 Å². The lowest BCUT2D eigenvalue weighted by Gasteiger charge is -2.59. The first-order chi connectivity index (χ1) is 16.2. The minimum Gasteiger partial charge on any atom is -0.390 e. The van der Waals surface area contributed by atoms with Crippen molar-refractivity contribution in [1.82, 2.24) is 10.3 Å². The molecule has 5 rings (SSSR count). The first-order valence-corrected chi connectivity index (χ1v) is 13.0. The van der Waals surface area contributed by atoms with Gasteiger partial charge >= 0.3 is 0 Å². The Kier molecular flexibility index (Phi) is 6.07. The number of hydrogen-bond donors (Lipinski definition) is 2. The Balaban J connectivity index is 1.20. The molecule has 6 heteroatoms. The summed E-state index contributed by atoms with van der Waals surface area (Å²) in [6.07, 6.45) is 14.5. The molecule has 6 atom stereocenters. The van der Waals surface area contributed by atoms with E-state index in [-0.39, 0.29) is 23.3 Å². The van der Waals surface area contributed by atoms with Gasteiger partial charge in [-0.25, -0.2) is 0 Å². The molecule has 34 heavy (non-hydrogen) atoms. The second-order valence-electron chi connectivity index (χ2n) is 11.8. The number of allylic oxidation sites excluding steroid dienone is 2. The van der Waals surface area contributed by atoms with E-state index >= 15 is 0 Å². The van der Waals surface area contributed by atoms with E-state index in [0.717, 1.165) is 43.4 Å². The van der Waals surface area contributed by atoms with Gasteiger partial charge in [0.15, 0.2) is 6.61 Å². The van der Waals surface area contributed by atoms with E-state index < -0.39 is 5.60 Å². The van der Waals surface area contributed by atoms with Crippen LogP contribution in [0.15, 0.2) is 41.3 Å². The second-order valence-corrected chi connectivity index (χ2v) is 11.8. The molecule has 0 aliphatic heterocycles. The van der Waals surface area contributed by atoms with Crippen LogP contribution >= 0.6 is 0 Å². The second kappa shape index (κ2) is 8.78. The van der Waals surface area contributed by atoms with Gasteiger partial charge < -0.3 is 15.3 Å². The standard InChI is InChI=1S/C28H39N3O3/c1-26-11-8-21(31-34-18-25(32)30-17-19-5-4-14-29-16-19)15-20(26)6-7-22-23(26)9-12-27(2)24(22)10-13-28(27,3)33/h4-5,14-16,22-24,33H,6-13,17-18H2,1-3H3,(H,30,32)/b31-21+/t22-,23?,24?,26+,27+,28+/m1/s1. The zero-order valence-electron chi connectivity index (χ0n) is 20.8. The summed E-state index contributed by atoms with van der Waals surface area (Å²) < 4.78 is 0. The smallest absolute Gasteiger partial charge is 0.261 e. The molecule has 0 spiro atoms. The number of fused-ring (bicyclic) bond motifs is 5. The molecule has 1 amide bonds. The molecule has 1 heterocycles. The lowest BCUT2D eigenvalue weighted by Crippen LogP contribution is -2.53. The Morgan fingerprint density at radius 3 is 2.79 bits per heavy atom. The number of carbonyl (C=O) groups is 1. The number of hydrogen-bond acceptors (Lipinski definition) is 5. The Labute approximate surface area is 203 Å². The number of carbonyl (C=O) groups excluding carboxylic acids is 1. The fraction of sp³-hybridized carbons (Fsp3) is 0.679. The van der Waals surface area contributed by atoms with Crippen molar-refractivity contribution in [2.45, 2.75) is 84.3 Å². The van der Waals surface area contributed by atoms with Crippen molar-refractivity contribution in [2.24, 2.45) is 33.7 Å². The van der Waals surface area contributed by atoms with E-state index in [2.05, 4.69) is 42.3 Å². The molecular weight excluding hydrogens is 426 g/mol. The molecule has 0 saturated heterocycles. The summed E-state index contributed by atoms with van der Waals surface area (Å²) in [5.74, 6) is 1.87. The maximum absolute atomic E-state index is 12.1. The van der Waals surface area contributed by atoms with Crippen molar-refractivity contribution in [3.63, 3.8) is 0 Å². The third-order valence-electron chi connectivity index (χ3n) is 10.1. The highest BCUT2D eigenvalue weighted by Crippen LogP contribution is 2.67.